The Morgan fingerprint density at radius 1 is 1.42 bits per heavy atom. The minimum absolute atomic E-state index is 0.165. The van der Waals surface area contributed by atoms with Crippen molar-refractivity contribution in [2.24, 2.45) is 0 Å². The maximum absolute atomic E-state index is 13.4. The van der Waals surface area contributed by atoms with Gasteiger partial charge in [0, 0.05) is 11.6 Å². The molecule has 0 spiro atoms. The predicted octanol–water partition coefficient (Wildman–Crippen LogP) is 2.89. The van der Waals surface area contributed by atoms with Gasteiger partial charge >= 0.3 is 12.1 Å². The fourth-order valence-corrected chi connectivity index (χ4v) is 1.29. The number of alkyl halides is 5. The summed E-state index contributed by atoms with van der Waals surface area (Å²) in [5, 5.41) is 0. The van der Waals surface area contributed by atoms with Crippen LogP contribution in [-0.4, -0.2) is 18.1 Å². The summed E-state index contributed by atoms with van der Waals surface area (Å²) in [6.07, 6.45) is -9.56. The highest BCUT2D eigenvalue weighted by molar-refractivity contribution is 5.72. The second kappa shape index (κ2) is 5.45. The number of pyridine rings is 1. The van der Waals surface area contributed by atoms with E-state index in [2.05, 4.69) is 9.72 Å². The number of carbonyl (C=O) groups excluding carboxylic acids is 1. The van der Waals surface area contributed by atoms with Crippen molar-refractivity contribution >= 4 is 5.97 Å². The summed E-state index contributed by atoms with van der Waals surface area (Å²) in [5.41, 5.74) is -4.32. The van der Waals surface area contributed by atoms with Crippen molar-refractivity contribution in [2.45, 2.75) is 19.0 Å². The Kier molecular flexibility index (Phi) is 4.38. The van der Waals surface area contributed by atoms with Gasteiger partial charge in [-0.15, -0.1) is 0 Å². The summed E-state index contributed by atoms with van der Waals surface area (Å²) in [7, 11) is 0.897. The lowest BCUT2D eigenvalue weighted by Crippen LogP contribution is -2.18. The molecule has 0 fully saturated rings. The Morgan fingerprint density at radius 3 is 2.42 bits per heavy atom. The highest BCUT2D eigenvalue weighted by Gasteiger charge is 2.38. The molecular weight excluding hydrogens is 280 g/mol. The van der Waals surface area contributed by atoms with E-state index in [4.69, 9.17) is 0 Å². The first kappa shape index (κ1) is 15.3. The Labute approximate surface area is 103 Å². The van der Waals surface area contributed by atoms with Gasteiger partial charge in [0.2, 0.25) is 0 Å². The predicted molar refractivity (Wildman–Crippen MR) is 49.9 cm³/mol. The van der Waals surface area contributed by atoms with E-state index in [9.17, 15) is 31.1 Å². The molecule has 0 aliphatic heterocycles. The molecule has 0 saturated carbocycles. The van der Waals surface area contributed by atoms with E-state index in [0.717, 1.165) is 7.11 Å². The molecule has 1 rings (SSSR count). The topological polar surface area (TPSA) is 39.2 Å². The lowest BCUT2D eigenvalue weighted by Gasteiger charge is -2.13. The van der Waals surface area contributed by atoms with Crippen LogP contribution >= 0.6 is 0 Å². The first-order chi connectivity index (χ1) is 8.66. The third-order valence-corrected chi connectivity index (χ3v) is 2.13. The minimum atomic E-state index is -5.16. The summed E-state index contributed by atoms with van der Waals surface area (Å²) in [5.74, 6) is -2.72. The first-order valence-electron chi connectivity index (χ1n) is 4.78. The van der Waals surface area contributed by atoms with E-state index < -0.39 is 47.8 Å². The smallest absolute Gasteiger partial charge is 0.433 e. The monoisotopic (exact) mass is 287 g/mol. The lowest BCUT2D eigenvalue weighted by molar-refractivity contribution is -0.144. The maximum atomic E-state index is 13.4. The molecule has 0 saturated heterocycles. The van der Waals surface area contributed by atoms with Crippen LogP contribution in [0.4, 0.5) is 26.3 Å². The van der Waals surface area contributed by atoms with Crippen molar-refractivity contribution in [3.8, 4) is 0 Å². The van der Waals surface area contributed by atoms with E-state index in [1.165, 1.54) is 0 Å². The zero-order chi connectivity index (χ0) is 14.8. The number of nitrogens with zero attached hydrogens (tertiary/aromatic N) is 1. The third-order valence-electron chi connectivity index (χ3n) is 2.13. The summed E-state index contributed by atoms with van der Waals surface area (Å²) in [6, 6.07) is 0.165. The quantitative estimate of drug-likeness (QED) is 0.634. The third kappa shape index (κ3) is 3.58. The Hall–Kier alpha value is -1.80. The average molecular weight is 287 g/mol. The number of halogens is 6. The molecule has 1 aromatic heterocycles. The van der Waals surface area contributed by atoms with Gasteiger partial charge in [-0.05, 0) is 0 Å². The minimum Gasteiger partial charge on any atom is -0.469 e. The maximum Gasteiger partial charge on any atom is 0.433 e. The van der Waals surface area contributed by atoms with Gasteiger partial charge in [-0.2, -0.15) is 13.2 Å². The molecule has 0 radical (unpaired) electrons. The highest BCUT2D eigenvalue weighted by atomic mass is 19.4. The zero-order valence-corrected chi connectivity index (χ0v) is 9.39. The van der Waals surface area contributed by atoms with E-state index in [1.807, 2.05) is 0 Å². The van der Waals surface area contributed by atoms with Crippen LogP contribution in [0, 0.1) is 5.82 Å². The summed E-state index contributed by atoms with van der Waals surface area (Å²) >= 11 is 0. The molecule has 0 bridgehead atoms. The summed E-state index contributed by atoms with van der Waals surface area (Å²) in [6.45, 7) is 0. The second-order valence-corrected chi connectivity index (χ2v) is 3.41. The van der Waals surface area contributed by atoms with Gasteiger partial charge in [-0.25, -0.2) is 18.2 Å². The van der Waals surface area contributed by atoms with Crippen molar-refractivity contribution in [2.75, 3.05) is 7.11 Å². The molecule has 3 nitrogen and oxygen atoms in total. The first-order valence-corrected chi connectivity index (χ1v) is 4.78. The van der Waals surface area contributed by atoms with Crippen molar-refractivity contribution in [1.29, 1.82) is 0 Å². The number of hydrogen-bond donors (Lipinski definition) is 0. The van der Waals surface area contributed by atoms with Gasteiger partial charge < -0.3 is 4.74 Å². The number of esters is 1. The van der Waals surface area contributed by atoms with Crippen LogP contribution in [0.15, 0.2) is 6.07 Å². The Morgan fingerprint density at radius 2 is 2.00 bits per heavy atom. The van der Waals surface area contributed by atoms with Crippen molar-refractivity contribution in [1.82, 2.24) is 4.98 Å². The number of rotatable bonds is 3. The zero-order valence-electron chi connectivity index (χ0n) is 9.39. The van der Waals surface area contributed by atoms with Crippen LogP contribution in [0.1, 0.15) is 23.4 Å². The average Bonchev–Trinajstić information content (AvgIpc) is 2.29. The van der Waals surface area contributed by atoms with Crippen molar-refractivity contribution in [3.05, 3.63) is 28.8 Å². The number of ether oxygens (including phenoxy) is 1. The normalized spacial score (nSPS) is 11.8. The molecule has 0 aromatic carbocycles. The molecule has 0 amide bonds. The van der Waals surface area contributed by atoms with Crippen LogP contribution in [-0.2, 0) is 22.1 Å². The van der Waals surface area contributed by atoms with Gasteiger partial charge in [0.05, 0.1) is 13.5 Å². The molecule has 0 N–H and O–H groups in total. The van der Waals surface area contributed by atoms with Gasteiger partial charge in [-0.1, -0.05) is 0 Å². The van der Waals surface area contributed by atoms with Crippen molar-refractivity contribution in [3.63, 3.8) is 0 Å². The van der Waals surface area contributed by atoms with Crippen LogP contribution in [0.2, 0.25) is 0 Å². The molecule has 0 atom stereocenters. The van der Waals surface area contributed by atoms with Crippen molar-refractivity contribution < 1.29 is 35.9 Å². The largest absolute Gasteiger partial charge is 0.469 e. The SMILES string of the molecule is COC(=O)Cc1c(F)cc(C(F)F)nc1C(F)(F)F. The Balaban J connectivity index is 3.39. The van der Waals surface area contributed by atoms with Crippen LogP contribution in [0.25, 0.3) is 0 Å². The van der Waals surface area contributed by atoms with Crippen LogP contribution < -0.4 is 0 Å². The fourth-order valence-electron chi connectivity index (χ4n) is 1.29. The van der Waals surface area contributed by atoms with E-state index in [1.54, 1.807) is 0 Å². The fraction of sp³-hybridized carbons (Fsp3) is 0.400. The molecular formula is C10H7F6NO2. The van der Waals surface area contributed by atoms with E-state index in [0.29, 0.717) is 0 Å². The Bertz CT molecular complexity index is 486. The van der Waals surface area contributed by atoms with E-state index in [-0.39, 0.29) is 6.07 Å². The molecule has 1 aromatic rings. The van der Waals surface area contributed by atoms with Crippen LogP contribution in [0.5, 0.6) is 0 Å². The molecule has 0 aliphatic rings. The molecule has 106 valence electrons. The van der Waals surface area contributed by atoms with E-state index >= 15 is 0 Å². The molecule has 0 unspecified atom stereocenters. The van der Waals surface area contributed by atoms with Gasteiger partial charge in [0.25, 0.3) is 6.43 Å². The standard InChI is InChI=1S/C10H7F6NO2/c1-19-7(18)2-4-5(11)3-6(9(12)13)17-8(4)10(14,15)16/h3,9H,2H2,1H3. The van der Waals surface area contributed by atoms with Gasteiger partial charge in [-0.3, -0.25) is 4.79 Å². The number of methoxy groups -OCH3 is 1. The molecule has 19 heavy (non-hydrogen) atoms. The number of carbonyl (C=O) groups is 1. The highest BCUT2D eigenvalue weighted by Crippen LogP contribution is 2.33. The summed E-state index contributed by atoms with van der Waals surface area (Å²) in [4.78, 5) is 13.6. The van der Waals surface area contributed by atoms with Gasteiger partial charge in [0.15, 0.2) is 5.69 Å². The second-order valence-electron chi connectivity index (χ2n) is 3.41. The molecule has 0 aliphatic carbocycles. The number of hydrogen-bond acceptors (Lipinski definition) is 3. The number of aromatic nitrogens is 1. The lowest BCUT2D eigenvalue weighted by atomic mass is 10.1. The van der Waals surface area contributed by atoms with Gasteiger partial charge in [0.1, 0.15) is 11.5 Å². The summed E-state index contributed by atoms with van der Waals surface area (Å²) < 4.78 is 79.9. The molecule has 9 heteroatoms. The molecule has 1 heterocycles. The van der Waals surface area contributed by atoms with Crippen LogP contribution in [0.3, 0.4) is 0 Å².